The lowest BCUT2D eigenvalue weighted by atomic mass is 10.0. The van der Waals surface area contributed by atoms with E-state index in [-0.39, 0.29) is 0 Å². The lowest BCUT2D eigenvalue weighted by molar-refractivity contribution is 0.472. The summed E-state index contributed by atoms with van der Waals surface area (Å²) in [7, 11) is 0. The Hall–Kier alpha value is -0.300. The van der Waals surface area contributed by atoms with E-state index in [4.69, 9.17) is 0 Å². The van der Waals surface area contributed by atoms with Gasteiger partial charge in [0.1, 0.15) is 0 Å². The van der Waals surface area contributed by atoms with Crippen molar-refractivity contribution in [2.24, 2.45) is 0 Å². The van der Waals surface area contributed by atoms with Gasteiger partial charge in [-0.05, 0) is 32.7 Å². The molecule has 1 atom stereocenters. The van der Waals surface area contributed by atoms with Crippen molar-refractivity contribution in [1.29, 1.82) is 0 Å². The maximum absolute atomic E-state index is 3.95. The van der Waals surface area contributed by atoms with Gasteiger partial charge in [-0.1, -0.05) is 25.8 Å². The Balaban J connectivity index is 3.61. The van der Waals surface area contributed by atoms with Gasteiger partial charge in [0, 0.05) is 6.04 Å². The molecule has 72 valence electrons. The largest absolute Gasteiger partial charge is 0.314 e. The second-order valence-corrected chi connectivity index (χ2v) is 3.60. The third-order valence-corrected chi connectivity index (χ3v) is 1.92. The summed E-state index contributed by atoms with van der Waals surface area (Å²) in [6.07, 6.45) is 4.88. The summed E-state index contributed by atoms with van der Waals surface area (Å²) in [6.45, 7) is 11.6. The van der Waals surface area contributed by atoms with E-state index in [1.54, 1.807) is 0 Å². The van der Waals surface area contributed by atoms with Crippen molar-refractivity contribution in [2.45, 2.75) is 52.5 Å². The lowest BCUT2D eigenvalue weighted by Gasteiger charge is -2.17. The minimum Gasteiger partial charge on any atom is -0.314 e. The van der Waals surface area contributed by atoms with Crippen molar-refractivity contribution in [1.82, 2.24) is 5.32 Å². The van der Waals surface area contributed by atoms with E-state index in [2.05, 4.69) is 32.7 Å². The zero-order valence-electron chi connectivity index (χ0n) is 8.82. The highest BCUT2D eigenvalue weighted by atomic mass is 14.9. The minimum atomic E-state index is 0.660. The average molecular weight is 169 g/mol. The molecule has 1 nitrogen and oxygen atoms in total. The average Bonchev–Trinajstić information content (AvgIpc) is 2.00. The molecule has 0 aromatic rings. The number of hydrogen-bond donors (Lipinski definition) is 1. The van der Waals surface area contributed by atoms with E-state index >= 15 is 0 Å². The maximum atomic E-state index is 3.95. The molecule has 1 N–H and O–H groups in total. The van der Waals surface area contributed by atoms with Gasteiger partial charge < -0.3 is 5.32 Å². The molecule has 0 aromatic heterocycles. The molecule has 0 aliphatic heterocycles. The van der Waals surface area contributed by atoms with Gasteiger partial charge in [0.05, 0.1) is 0 Å². The van der Waals surface area contributed by atoms with E-state index in [1.165, 1.54) is 24.8 Å². The van der Waals surface area contributed by atoms with Crippen LogP contribution in [0.5, 0.6) is 0 Å². The summed E-state index contributed by atoms with van der Waals surface area (Å²) in [4.78, 5) is 0. The van der Waals surface area contributed by atoms with Crippen LogP contribution in [0.25, 0.3) is 0 Å². The van der Waals surface area contributed by atoms with Gasteiger partial charge in [-0.2, -0.15) is 0 Å². The molecular weight excluding hydrogens is 146 g/mol. The summed E-state index contributed by atoms with van der Waals surface area (Å²) in [5, 5.41) is 3.54. The third-order valence-electron chi connectivity index (χ3n) is 1.92. The molecule has 0 aromatic carbocycles. The predicted molar refractivity (Wildman–Crippen MR) is 56.4 cm³/mol. The Morgan fingerprint density at radius 1 is 1.33 bits per heavy atom. The standard InChI is InChI=1S/C11H23N/c1-5-7-11(9-10(3)4)12-8-6-2/h11-12H,3,5-9H2,1-2,4H3. The van der Waals surface area contributed by atoms with Crippen molar-refractivity contribution in [3.63, 3.8) is 0 Å². The molecule has 0 heterocycles. The summed E-state index contributed by atoms with van der Waals surface area (Å²) in [5.74, 6) is 0. The molecule has 0 radical (unpaired) electrons. The molecule has 0 bridgehead atoms. The van der Waals surface area contributed by atoms with Crippen molar-refractivity contribution in [2.75, 3.05) is 6.54 Å². The Morgan fingerprint density at radius 2 is 2.00 bits per heavy atom. The van der Waals surface area contributed by atoms with Crippen LogP contribution in [0, 0.1) is 0 Å². The molecule has 1 heteroatoms. The second-order valence-electron chi connectivity index (χ2n) is 3.60. The van der Waals surface area contributed by atoms with E-state index in [9.17, 15) is 0 Å². The first-order chi connectivity index (χ1) is 5.70. The summed E-state index contributed by atoms with van der Waals surface area (Å²) >= 11 is 0. The first kappa shape index (κ1) is 11.7. The zero-order chi connectivity index (χ0) is 9.40. The van der Waals surface area contributed by atoms with E-state index in [1.807, 2.05) is 0 Å². The molecule has 0 saturated heterocycles. The van der Waals surface area contributed by atoms with Gasteiger partial charge in [-0.25, -0.2) is 0 Å². The van der Waals surface area contributed by atoms with Gasteiger partial charge in [0.15, 0.2) is 0 Å². The fourth-order valence-corrected chi connectivity index (χ4v) is 1.39. The third kappa shape index (κ3) is 6.41. The number of nitrogens with one attached hydrogen (secondary N) is 1. The SMILES string of the molecule is C=C(C)CC(CCC)NCCC. The molecule has 1 unspecified atom stereocenters. The maximum Gasteiger partial charge on any atom is 0.0104 e. The summed E-state index contributed by atoms with van der Waals surface area (Å²) < 4.78 is 0. The van der Waals surface area contributed by atoms with Crippen LogP contribution < -0.4 is 5.32 Å². The zero-order valence-corrected chi connectivity index (χ0v) is 8.82. The first-order valence-electron chi connectivity index (χ1n) is 5.08. The molecule has 0 amide bonds. The van der Waals surface area contributed by atoms with Gasteiger partial charge >= 0.3 is 0 Å². The molecule has 0 rings (SSSR count). The van der Waals surface area contributed by atoms with Crippen LogP contribution in [0.2, 0.25) is 0 Å². The van der Waals surface area contributed by atoms with Crippen LogP contribution in [0.4, 0.5) is 0 Å². The van der Waals surface area contributed by atoms with Crippen LogP contribution in [0.3, 0.4) is 0 Å². The fraction of sp³-hybridized carbons (Fsp3) is 0.818. The fourth-order valence-electron chi connectivity index (χ4n) is 1.39. The Bertz CT molecular complexity index is 118. The van der Waals surface area contributed by atoms with Crippen molar-refractivity contribution in [3.8, 4) is 0 Å². The summed E-state index contributed by atoms with van der Waals surface area (Å²) in [5.41, 5.74) is 1.29. The Morgan fingerprint density at radius 3 is 2.42 bits per heavy atom. The van der Waals surface area contributed by atoms with Crippen molar-refractivity contribution >= 4 is 0 Å². The molecule has 0 saturated carbocycles. The Kier molecular flexibility index (Phi) is 7.17. The van der Waals surface area contributed by atoms with E-state index in [0.717, 1.165) is 13.0 Å². The highest BCUT2D eigenvalue weighted by molar-refractivity contribution is 4.92. The van der Waals surface area contributed by atoms with Crippen molar-refractivity contribution < 1.29 is 0 Å². The van der Waals surface area contributed by atoms with E-state index < -0.39 is 0 Å². The summed E-state index contributed by atoms with van der Waals surface area (Å²) in [6, 6.07) is 0.660. The van der Waals surface area contributed by atoms with Crippen LogP contribution >= 0.6 is 0 Å². The second kappa shape index (κ2) is 7.35. The predicted octanol–water partition coefficient (Wildman–Crippen LogP) is 3.12. The molecule has 0 fully saturated rings. The van der Waals surface area contributed by atoms with Crippen LogP contribution in [0.1, 0.15) is 46.5 Å². The molecule has 0 aliphatic carbocycles. The van der Waals surface area contributed by atoms with Crippen LogP contribution in [-0.2, 0) is 0 Å². The highest BCUT2D eigenvalue weighted by Crippen LogP contribution is 2.07. The number of hydrogen-bond acceptors (Lipinski definition) is 1. The first-order valence-corrected chi connectivity index (χ1v) is 5.08. The number of rotatable bonds is 7. The quantitative estimate of drug-likeness (QED) is 0.577. The van der Waals surface area contributed by atoms with Gasteiger partial charge in [-0.15, -0.1) is 6.58 Å². The van der Waals surface area contributed by atoms with Crippen LogP contribution in [0.15, 0.2) is 12.2 Å². The molecular formula is C11H23N. The van der Waals surface area contributed by atoms with Crippen LogP contribution in [-0.4, -0.2) is 12.6 Å². The Labute approximate surface area is 77.2 Å². The smallest absolute Gasteiger partial charge is 0.0104 e. The normalized spacial score (nSPS) is 12.9. The van der Waals surface area contributed by atoms with E-state index in [0.29, 0.717) is 6.04 Å². The van der Waals surface area contributed by atoms with Gasteiger partial charge in [-0.3, -0.25) is 0 Å². The molecule has 12 heavy (non-hydrogen) atoms. The molecule has 0 spiro atoms. The minimum absolute atomic E-state index is 0.660. The van der Waals surface area contributed by atoms with Gasteiger partial charge in [0.2, 0.25) is 0 Å². The lowest BCUT2D eigenvalue weighted by Crippen LogP contribution is -2.29. The highest BCUT2D eigenvalue weighted by Gasteiger charge is 2.05. The van der Waals surface area contributed by atoms with Crippen molar-refractivity contribution in [3.05, 3.63) is 12.2 Å². The monoisotopic (exact) mass is 169 g/mol. The molecule has 0 aliphatic rings. The topological polar surface area (TPSA) is 12.0 Å². The van der Waals surface area contributed by atoms with Gasteiger partial charge in [0.25, 0.3) is 0 Å².